The molecule has 0 bridgehead atoms. The molecule has 0 amide bonds. The summed E-state index contributed by atoms with van der Waals surface area (Å²) in [5.41, 5.74) is 4.17. The maximum atomic E-state index is 2.36. The summed E-state index contributed by atoms with van der Waals surface area (Å²) >= 11 is 2.08. The first-order valence-corrected chi connectivity index (χ1v) is 9.21. The Labute approximate surface area is 180 Å². The van der Waals surface area contributed by atoms with Crippen LogP contribution in [0.2, 0.25) is 0 Å². The molecule has 0 radical (unpaired) electrons. The number of allylic oxidation sites excluding steroid dienone is 4. The summed E-state index contributed by atoms with van der Waals surface area (Å²) in [6.07, 6.45) is 8.86. The maximum Gasteiger partial charge on any atom is -0.00600 e. The van der Waals surface area contributed by atoms with Crippen LogP contribution in [-0.4, -0.2) is 3.81 Å². The molecular weight excluding hydrogens is 395 g/mol. The zero-order chi connectivity index (χ0) is 17.3. The van der Waals surface area contributed by atoms with E-state index in [-0.39, 0.29) is 24.8 Å². The number of hydrogen-bond donors (Lipinski definition) is 0. The van der Waals surface area contributed by atoms with Crippen molar-refractivity contribution < 1.29 is 44.8 Å². The minimum Gasteiger partial charge on any atom is -1.00 e. The number of rotatable bonds is 1. The van der Waals surface area contributed by atoms with Crippen LogP contribution in [0.4, 0.5) is 0 Å². The quantitative estimate of drug-likeness (QED) is 0.394. The average Bonchev–Trinajstić information content (AvgIpc) is 3.13. The molecule has 3 heteroatoms. The summed E-state index contributed by atoms with van der Waals surface area (Å²) in [6, 6.07) is 13.6. The summed E-state index contributed by atoms with van der Waals surface area (Å²) < 4.78 is 1.42. The number of aryl methyl sites for hydroxylation is 2. The average molecular weight is 418 g/mol. The first kappa shape index (κ1) is 23.0. The number of benzene rings is 2. The second kappa shape index (κ2) is 9.76. The van der Waals surface area contributed by atoms with Gasteiger partial charge in [-0.2, -0.15) is 0 Å². The van der Waals surface area contributed by atoms with Crippen LogP contribution in [-0.2, 0) is 20.0 Å². The second-order valence-corrected chi connectivity index (χ2v) is 8.35. The van der Waals surface area contributed by atoms with E-state index in [4.69, 9.17) is 0 Å². The number of hydrogen-bond acceptors (Lipinski definition) is 0. The van der Waals surface area contributed by atoms with E-state index in [1.165, 1.54) is 42.0 Å². The van der Waals surface area contributed by atoms with Crippen molar-refractivity contribution in [2.45, 2.75) is 33.6 Å². The third kappa shape index (κ3) is 4.81. The predicted molar refractivity (Wildman–Crippen MR) is 104 cm³/mol. The van der Waals surface area contributed by atoms with E-state index in [0.29, 0.717) is 5.92 Å². The van der Waals surface area contributed by atoms with Crippen LogP contribution < -0.4 is 24.8 Å². The van der Waals surface area contributed by atoms with Crippen LogP contribution in [0, 0.1) is 13.8 Å². The molecule has 0 spiro atoms. The van der Waals surface area contributed by atoms with E-state index in [9.17, 15) is 0 Å². The molecule has 0 saturated heterocycles. The van der Waals surface area contributed by atoms with Crippen molar-refractivity contribution in [1.82, 2.24) is 0 Å². The molecule has 134 valence electrons. The smallest absolute Gasteiger partial charge is 0.00600 e. The minimum absolute atomic E-state index is 0. The van der Waals surface area contributed by atoms with Gasteiger partial charge in [-0.3, -0.25) is 0 Å². The van der Waals surface area contributed by atoms with Gasteiger partial charge in [-0.05, 0) is 19.8 Å². The SMILES string of the molecule is C[C](C)=[Ti+2].Cc1ccc2c(c1)[cH-]c1c(C3C=CC=C3)c(C)ccc12.[Cl-].[Cl-]. The summed E-state index contributed by atoms with van der Waals surface area (Å²) in [6.45, 7) is 8.55. The Morgan fingerprint density at radius 2 is 1.50 bits per heavy atom. The largest absolute Gasteiger partial charge is 1.00 e. The van der Waals surface area contributed by atoms with Crippen molar-refractivity contribution in [3.8, 4) is 0 Å². The molecule has 0 saturated carbocycles. The van der Waals surface area contributed by atoms with Crippen LogP contribution in [0.3, 0.4) is 0 Å². The Morgan fingerprint density at radius 1 is 0.923 bits per heavy atom. The maximum absolute atomic E-state index is 2.36. The molecule has 26 heavy (non-hydrogen) atoms. The minimum atomic E-state index is 0. The fourth-order valence-electron chi connectivity index (χ4n) is 3.40. The molecule has 1 aliphatic rings. The van der Waals surface area contributed by atoms with Crippen molar-refractivity contribution in [1.29, 1.82) is 0 Å². The first-order chi connectivity index (χ1) is 11.5. The van der Waals surface area contributed by atoms with E-state index in [2.05, 4.69) is 108 Å². The van der Waals surface area contributed by atoms with Gasteiger partial charge in [-0.1, -0.05) is 65.3 Å². The Morgan fingerprint density at radius 3 is 2.12 bits per heavy atom. The van der Waals surface area contributed by atoms with E-state index in [1.54, 1.807) is 0 Å². The van der Waals surface area contributed by atoms with Gasteiger partial charge >= 0.3 is 37.6 Å². The van der Waals surface area contributed by atoms with Crippen molar-refractivity contribution in [3.63, 3.8) is 0 Å². The Kier molecular flexibility index (Phi) is 8.63. The molecule has 3 aromatic rings. The van der Waals surface area contributed by atoms with Crippen molar-refractivity contribution in [3.05, 3.63) is 77.4 Å². The normalized spacial score (nSPS) is 12.5. The fourth-order valence-corrected chi connectivity index (χ4v) is 3.40. The third-order valence-corrected chi connectivity index (χ3v) is 4.38. The van der Waals surface area contributed by atoms with Crippen molar-refractivity contribution in [2.75, 3.05) is 0 Å². The van der Waals surface area contributed by atoms with Gasteiger partial charge in [0.15, 0.2) is 0 Å². The standard InChI is InChI=1S/C20H17.C3H6.2ClH.Ti/c1-13-7-9-17-16(11-13)12-19-18(17)10-8-14(2)20(19)15-5-3-4-6-15;1-3-2;;;/h3-12,15H,1-2H3;1-2H3;2*1H;/q-1;;;;+2/p-2. The van der Waals surface area contributed by atoms with Crippen LogP contribution in [0.5, 0.6) is 0 Å². The first-order valence-electron chi connectivity index (χ1n) is 8.43. The molecule has 0 unspecified atom stereocenters. The number of fused-ring (bicyclic) bond motifs is 3. The van der Waals surface area contributed by atoms with Gasteiger partial charge in [0.05, 0.1) is 0 Å². The molecule has 1 aliphatic carbocycles. The zero-order valence-corrected chi connectivity index (χ0v) is 18.7. The molecule has 0 aromatic heterocycles. The van der Waals surface area contributed by atoms with Gasteiger partial charge in [0.25, 0.3) is 0 Å². The van der Waals surface area contributed by atoms with E-state index >= 15 is 0 Å². The van der Waals surface area contributed by atoms with Gasteiger partial charge in [0, 0.05) is 0 Å². The molecule has 0 N–H and O–H groups in total. The van der Waals surface area contributed by atoms with Crippen LogP contribution >= 0.6 is 0 Å². The van der Waals surface area contributed by atoms with E-state index in [1.807, 2.05) is 0 Å². The van der Waals surface area contributed by atoms with E-state index < -0.39 is 0 Å². The molecule has 0 heterocycles. The monoisotopic (exact) mass is 417 g/mol. The Hall–Kier alpha value is -1.05. The van der Waals surface area contributed by atoms with E-state index in [0.717, 1.165) is 0 Å². The summed E-state index contributed by atoms with van der Waals surface area (Å²) in [5.74, 6) is 0.427. The predicted octanol–water partition coefficient (Wildman–Crippen LogP) is 0.292. The second-order valence-electron chi connectivity index (χ2n) is 6.79. The summed E-state index contributed by atoms with van der Waals surface area (Å²) in [7, 11) is 0. The zero-order valence-electron chi connectivity index (χ0n) is 15.6. The summed E-state index contributed by atoms with van der Waals surface area (Å²) in [4.78, 5) is 0. The van der Waals surface area contributed by atoms with Gasteiger partial charge in [-0.15, -0.1) is 33.7 Å². The molecule has 0 aliphatic heterocycles. The topological polar surface area (TPSA) is 0 Å². The van der Waals surface area contributed by atoms with Gasteiger partial charge in [0.2, 0.25) is 0 Å². The van der Waals surface area contributed by atoms with Crippen LogP contribution in [0.15, 0.2) is 60.7 Å². The third-order valence-electron chi connectivity index (χ3n) is 4.38. The van der Waals surface area contributed by atoms with Crippen molar-refractivity contribution >= 4 is 25.4 Å². The fraction of sp³-hybridized carbons (Fsp3) is 0.217. The number of halogens is 2. The van der Waals surface area contributed by atoms with Gasteiger partial charge in [-0.25, -0.2) is 0 Å². The Bertz CT molecular complexity index is 961. The molecule has 0 nitrogen and oxygen atoms in total. The van der Waals surface area contributed by atoms with Crippen LogP contribution in [0.25, 0.3) is 21.5 Å². The molecule has 0 fully saturated rings. The van der Waals surface area contributed by atoms with Crippen molar-refractivity contribution in [2.24, 2.45) is 0 Å². The molecule has 0 atom stereocenters. The molecule has 3 aromatic carbocycles. The molecular formula is C23H23Cl2Ti-. The van der Waals surface area contributed by atoms with Gasteiger partial charge < -0.3 is 24.8 Å². The van der Waals surface area contributed by atoms with Gasteiger partial charge in [0.1, 0.15) is 0 Å². The Balaban J connectivity index is 0.000000516. The molecule has 4 rings (SSSR count). The summed E-state index contributed by atoms with van der Waals surface area (Å²) in [5, 5.41) is 5.52. The van der Waals surface area contributed by atoms with Crippen LogP contribution in [0.1, 0.15) is 36.5 Å².